The van der Waals surface area contributed by atoms with E-state index in [4.69, 9.17) is 0 Å². The number of hydrogen-bond acceptors (Lipinski definition) is 6. The largest absolute Gasteiger partial charge is 0.353 e. The van der Waals surface area contributed by atoms with Crippen LogP contribution in [0.2, 0.25) is 0 Å². The number of aromatic nitrogens is 2. The lowest BCUT2D eigenvalue weighted by molar-refractivity contribution is -0.139. The van der Waals surface area contributed by atoms with E-state index < -0.39 is 6.04 Å². The number of nitrogens with one attached hydrogen (secondary N) is 1. The van der Waals surface area contributed by atoms with E-state index in [1.807, 2.05) is 36.9 Å². The Labute approximate surface area is 189 Å². The first-order chi connectivity index (χ1) is 15.5. The third-order valence-electron chi connectivity index (χ3n) is 6.32. The summed E-state index contributed by atoms with van der Waals surface area (Å²) in [6.45, 7) is 8.79. The number of piperazine rings is 2. The van der Waals surface area contributed by atoms with Crippen LogP contribution in [-0.2, 0) is 16.0 Å². The first kappa shape index (κ1) is 22.2. The maximum Gasteiger partial charge on any atom is 0.237 e. The fourth-order valence-corrected chi connectivity index (χ4v) is 4.46. The molecular formula is C24H32N6O2. The molecule has 2 saturated heterocycles. The summed E-state index contributed by atoms with van der Waals surface area (Å²) in [7, 11) is 0. The predicted octanol–water partition coefficient (Wildman–Crippen LogP) is 1.18. The van der Waals surface area contributed by atoms with Crippen molar-refractivity contribution in [2.45, 2.75) is 32.7 Å². The third-order valence-corrected chi connectivity index (χ3v) is 6.32. The fourth-order valence-electron chi connectivity index (χ4n) is 4.46. The molecule has 1 aromatic carbocycles. The zero-order valence-electron chi connectivity index (χ0n) is 19.0. The number of hydrogen-bond donors (Lipinski definition) is 1. The van der Waals surface area contributed by atoms with Gasteiger partial charge in [0.25, 0.3) is 0 Å². The van der Waals surface area contributed by atoms with Gasteiger partial charge in [-0.3, -0.25) is 19.5 Å². The Kier molecular flexibility index (Phi) is 6.99. The molecule has 8 nitrogen and oxygen atoms in total. The summed E-state index contributed by atoms with van der Waals surface area (Å²) in [5, 5.41) is 2.93. The fraction of sp³-hybridized carbons (Fsp3) is 0.500. The minimum atomic E-state index is -0.400. The number of nitrogens with zero attached hydrogens (tertiary/aromatic N) is 5. The summed E-state index contributed by atoms with van der Waals surface area (Å²) in [4.78, 5) is 40.9. The van der Waals surface area contributed by atoms with Crippen LogP contribution in [0.25, 0.3) is 0 Å². The Bertz CT molecular complexity index is 943. The topological polar surface area (TPSA) is 81.7 Å². The maximum atomic E-state index is 13.1. The van der Waals surface area contributed by atoms with Crippen LogP contribution < -0.4 is 10.2 Å². The van der Waals surface area contributed by atoms with Crippen molar-refractivity contribution in [1.29, 1.82) is 0 Å². The molecule has 0 bridgehead atoms. The standard InChI is InChI=1S/C24H32N6O2/c1-18-17-26-19(2)23(27-18)30-14-12-29(13-15-30)22(31)16-21-24(32)25-9-11-28(21)10-8-20-6-4-3-5-7-20/h3-7,17,21H,8-16H2,1-2H3,(H,25,32). The summed E-state index contributed by atoms with van der Waals surface area (Å²) in [5.41, 5.74) is 3.04. The second-order valence-electron chi connectivity index (χ2n) is 8.57. The molecule has 1 unspecified atom stereocenters. The number of benzene rings is 1. The van der Waals surface area contributed by atoms with Crippen molar-refractivity contribution < 1.29 is 9.59 Å². The second-order valence-corrected chi connectivity index (χ2v) is 8.57. The van der Waals surface area contributed by atoms with E-state index in [1.165, 1.54) is 5.56 Å². The van der Waals surface area contributed by atoms with Crippen molar-refractivity contribution in [3.63, 3.8) is 0 Å². The van der Waals surface area contributed by atoms with E-state index >= 15 is 0 Å². The normalized spacial score (nSPS) is 19.7. The maximum absolute atomic E-state index is 13.1. The Hall–Kier alpha value is -3.00. The Morgan fingerprint density at radius 2 is 1.84 bits per heavy atom. The van der Waals surface area contributed by atoms with Gasteiger partial charge in [-0.1, -0.05) is 30.3 Å². The van der Waals surface area contributed by atoms with Crippen molar-refractivity contribution >= 4 is 17.6 Å². The molecule has 3 heterocycles. The van der Waals surface area contributed by atoms with Gasteiger partial charge in [-0.05, 0) is 25.8 Å². The molecule has 0 saturated carbocycles. The molecule has 0 spiro atoms. The lowest BCUT2D eigenvalue weighted by atomic mass is 10.1. The molecule has 1 aromatic heterocycles. The van der Waals surface area contributed by atoms with Crippen LogP contribution in [0.15, 0.2) is 36.5 Å². The molecule has 8 heteroatoms. The van der Waals surface area contributed by atoms with Gasteiger partial charge in [0, 0.05) is 52.0 Å². The zero-order chi connectivity index (χ0) is 22.5. The van der Waals surface area contributed by atoms with E-state index in [-0.39, 0.29) is 18.2 Å². The number of aryl methyl sites for hydroxylation is 2. The highest BCUT2D eigenvalue weighted by Gasteiger charge is 2.33. The molecule has 1 N–H and O–H groups in total. The molecule has 2 fully saturated rings. The highest BCUT2D eigenvalue weighted by Crippen LogP contribution is 2.19. The Morgan fingerprint density at radius 3 is 2.59 bits per heavy atom. The van der Waals surface area contributed by atoms with Crippen LogP contribution in [0.4, 0.5) is 5.82 Å². The summed E-state index contributed by atoms with van der Waals surface area (Å²) < 4.78 is 0. The van der Waals surface area contributed by atoms with Gasteiger partial charge in [0.1, 0.15) is 5.82 Å². The predicted molar refractivity (Wildman–Crippen MR) is 123 cm³/mol. The van der Waals surface area contributed by atoms with Gasteiger partial charge in [0.15, 0.2) is 0 Å². The van der Waals surface area contributed by atoms with Crippen molar-refractivity contribution in [2.75, 3.05) is 50.7 Å². The molecular weight excluding hydrogens is 404 g/mol. The van der Waals surface area contributed by atoms with E-state index in [0.29, 0.717) is 19.6 Å². The highest BCUT2D eigenvalue weighted by atomic mass is 16.2. The van der Waals surface area contributed by atoms with Crippen LogP contribution in [0, 0.1) is 13.8 Å². The summed E-state index contributed by atoms with van der Waals surface area (Å²) in [5.74, 6) is 0.904. The zero-order valence-corrected chi connectivity index (χ0v) is 19.0. The minimum Gasteiger partial charge on any atom is -0.353 e. The van der Waals surface area contributed by atoms with Crippen molar-refractivity contribution in [3.05, 3.63) is 53.5 Å². The van der Waals surface area contributed by atoms with Crippen LogP contribution >= 0.6 is 0 Å². The molecule has 0 aliphatic carbocycles. The lowest BCUT2D eigenvalue weighted by Gasteiger charge is -2.38. The molecule has 32 heavy (non-hydrogen) atoms. The molecule has 2 aromatic rings. The summed E-state index contributed by atoms with van der Waals surface area (Å²) >= 11 is 0. The third kappa shape index (κ3) is 5.24. The van der Waals surface area contributed by atoms with Gasteiger partial charge in [0.05, 0.1) is 23.9 Å². The quantitative estimate of drug-likeness (QED) is 0.732. The van der Waals surface area contributed by atoms with Crippen LogP contribution in [0.1, 0.15) is 23.4 Å². The molecule has 2 aliphatic heterocycles. The Morgan fingerprint density at radius 1 is 1.09 bits per heavy atom. The second kappa shape index (κ2) is 10.1. The van der Waals surface area contributed by atoms with Gasteiger partial charge in [-0.25, -0.2) is 4.98 Å². The van der Waals surface area contributed by atoms with Crippen LogP contribution in [-0.4, -0.2) is 83.4 Å². The first-order valence-electron chi connectivity index (χ1n) is 11.4. The number of amides is 2. The Balaban J connectivity index is 1.33. The van der Waals surface area contributed by atoms with Crippen LogP contribution in [0.5, 0.6) is 0 Å². The SMILES string of the molecule is Cc1cnc(C)c(N2CCN(C(=O)CC3C(=O)NCCN3CCc3ccccc3)CC2)n1. The van der Waals surface area contributed by atoms with Gasteiger partial charge in [0.2, 0.25) is 11.8 Å². The van der Waals surface area contributed by atoms with E-state index in [9.17, 15) is 9.59 Å². The minimum absolute atomic E-state index is 0.0399. The molecule has 170 valence electrons. The van der Waals surface area contributed by atoms with Crippen LogP contribution in [0.3, 0.4) is 0 Å². The van der Waals surface area contributed by atoms with Gasteiger partial charge in [-0.2, -0.15) is 0 Å². The molecule has 0 radical (unpaired) electrons. The average molecular weight is 437 g/mol. The van der Waals surface area contributed by atoms with Crippen molar-refractivity contribution in [3.8, 4) is 0 Å². The van der Waals surface area contributed by atoms with E-state index in [2.05, 4.69) is 37.2 Å². The average Bonchev–Trinajstić information content (AvgIpc) is 2.82. The van der Waals surface area contributed by atoms with Gasteiger partial charge < -0.3 is 15.1 Å². The lowest BCUT2D eigenvalue weighted by Crippen LogP contribution is -2.58. The highest BCUT2D eigenvalue weighted by molar-refractivity contribution is 5.89. The molecule has 2 aliphatic rings. The summed E-state index contributed by atoms with van der Waals surface area (Å²) in [6.07, 6.45) is 2.87. The molecule has 4 rings (SSSR count). The number of carbonyl (C=O) groups is 2. The molecule has 1 atom stereocenters. The first-order valence-corrected chi connectivity index (χ1v) is 11.4. The van der Waals surface area contributed by atoms with E-state index in [0.717, 1.165) is 49.8 Å². The number of rotatable bonds is 6. The van der Waals surface area contributed by atoms with Gasteiger partial charge in [-0.15, -0.1) is 0 Å². The monoisotopic (exact) mass is 436 g/mol. The number of carbonyl (C=O) groups excluding carboxylic acids is 2. The van der Waals surface area contributed by atoms with Crippen molar-refractivity contribution in [1.82, 2.24) is 25.1 Å². The number of anilines is 1. The van der Waals surface area contributed by atoms with E-state index in [1.54, 1.807) is 6.20 Å². The van der Waals surface area contributed by atoms with Crippen molar-refractivity contribution in [2.24, 2.45) is 0 Å². The van der Waals surface area contributed by atoms with Gasteiger partial charge >= 0.3 is 0 Å². The molecule has 2 amide bonds. The summed E-state index contributed by atoms with van der Waals surface area (Å²) in [6, 6.07) is 9.87. The smallest absolute Gasteiger partial charge is 0.237 e.